The second-order valence-electron chi connectivity index (χ2n) is 8.53. The van der Waals surface area contributed by atoms with Gasteiger partial charge in [-0.1, -0.05) is 6.08 Å². The highest BCUT2D eigenvalue weighted by atomic mass is 19.4. The Morgan fingerprint density at radius 2 is 1.50 bits per heavy atom. The van der Waals surface area contributed by atoms with Crippen molar-refractivity contribution in [1.29, 1.82) is 0 Å². The molecule has 0 bridgehead atoms. The zero-order valence-electron chi connectivity index (χ0n) is 15.4. The average Bonchev–Trinajstić information content (AvgIpc) is 2.63. The Morgan fingerprint density at radius 3 is 2.04 bits per heavy atom. The first kappa shape index (κ1) is 20.2. The van der Waals surface area contributed by atoms with Gasteiger partial charge in [0, 0.05) is 0 Å². The minimum Gasteiger partial charge on any atom is -0.286 e. The molecule has 0 amide bonds. The van der Waals surface area contributed by atoms with Crippen molar-refractivity contribution in [2.75, 3.05) is 0 Å². The molecular weight excluding hydrogens is 344 g/mol. The predicted molar refractivity (Wildman–Crippen MR) is 94.0 cm³/mol. The SMILES string of the molecule is C=CC1CC[C](C2CCC(C3CCC(OC(F)(F)F)C(F)C3)CC2)CC1. The van der Waals surface area contributed by atoms with Gasteiger partial charge in [0.15, 0.2) is 0 Å². The van der Waals surface area contributed by atoms with Crippen molar-refractivity contribution < 1.29 is 22.3 Å². The smallest absolute Gasteiger partial charge is 0.286 e. The Morgan fingerprint density at radius 1 is 0.885 bits per heavy atom. The van der Waals surface area contributed by atoms with E-state index in [2.05, 4.69) is 17.4 Å². The summed E-state index contributed by atoms with van der Waals surface area (Å²) in [6.45, 7) is 3.90. The van der Waals surface area contributed by atoms with Crippen molar-refractivity contribution in [3.8, 4) is 0 Å². The first-order valence-electron chi connectivity index (χ1n) is 10.2. The number of rotatable bonds is 4. The number of hydrogen-bond acceptors (Lipinski definition) is 1. The quantitative estimate of drug-likeness (QED) is 0.388. The maximum absolute atomic E-state index is 14.2. The first-order chi connectivity index (χ1) is 12.4. The van der Waals surface area contributed by atoms with Crippen LogP contribution in [0.5, 0.6) is 0 Å². The zero-order valence-corrected chi connectivity index (χ0v) is 15.4. The van der Waals surface area contributed by atoms with Crippen LogP contribution in [-0.2, 0) is 4.74 Å². The van der Waals surface area contributed by atoms with Gasteiger partial charge in [-0.25, -0.2) is 4.39 Å². The Hall–Kier alpha value is -0.580. The van der Waals surface area contributed by atoms with Gasteiger partial charge in [0.2, 0.25) is 0 Å². The van der Waals surface area contributed by atoms with Crippen molar-refractivity contribution in [1.82, 2.24) is 0 Å². The summed E-state index contributed by atoms with van der Waals surface area (Å²) in [6, 6.07) is 0. The molecule has 3 aliphatic rings. The number of hydrogen-bond donors (Lipinski definition) is 0. The summed E-state index contributed by atoms with van der Waals surface area (Å²) in [5.41, 5.74) is 0. The number of halogens is 4. The lowest BCUT2D eigenvalue weighted by molar-refractivity contribution is -0.352. The van der Waals surface area contributed by atoms with E-state index in [1.807, 2.05) is 0 Å². The Labute approximate surface area is 154 Å². The maximum atomic E-state index is 14.2. The average molecular weight is 375 g/mol. The van der Waals surface area contributed by atoms with Crippen molar-refractivity contribution in [3.63, 3.8) is 0 Å². The summed E-state index contributed by atoms with van der Waals surface area (Å²) >= 11 is 0. The van der Waals surface area contributed by atoms with Crippen LogP contribution in [0.3, 0.4) is 0 Å². The van der Waals surface area contributed by atoms with Crippen molar-refractivity contribution in [3.05, 3.63) is 18.6 Å². The van der Waals surface area contributed by atoms with E-state index >= 15 is 0 Å². The Balaban J connectivity index is 1.42. The largest absolute Gasteiger partial charge is 0.522 e. The lowest BCUT2D eigenvalue weighted by atomic mass is 9.65. The van der Waals surface area contributed by atoms with E-state index in [0.717, 1.165) is 12.8 Å². The molecule has 3 atom stereocenters. The van der Waals surface area contributed by atoms with Crippen molar-refractivity contribution >= 4 is 0 Å². The molecule has 0 aromatic rings. The molecule has 3 saturated carbocycles. The van der Waals surface area contributed by atoms with E-state index in [1.165, 1.54) is 38.5 Å². The molecule has 0 spiro atoms. The van der Waals surface area contributed by atoms with Crippen LogP contribution in [-0.4, -0.2) is 18.6 Å². The minimum atomic E-state index is -4.73. The fourth-order valence-corrected chi connectivity index (χ4v) is 5.50. The fourth-order valence-electron chi connectivity index (χ4n) is 5.50. The zero-order chi connectivity index (χ0) is 18.7. The lowest BCUT2D eigenvalue weighted by Gasteiger charge is -2.41. The predicted octanol–water partition coefficient (Wildman–Crippen LogP) is 6.79. The van der Waals surface area contributed by atoms with Gasteiger partial charge in [0.1, 0.15) is 6.17 Å². The third kappa shape index (κ3) is 5.24. The number of allylic oxidation sites excluding steroid dienone is 1. The molecule has 0 aliphatic heterocycles. The molecule has 149 valence electrons. The number of ether oxygens (including phenoxy) is 1. The third-order valence-electron chi connectivity index (χ3n) is 7.06. The van der Waals surface area contributed by atoms with E-state index in [0.29, 0.717) is 24.2 Å². The standard InChI is InChI=1S/C21H31F4O/c1-2-14-3-5-15(6-4-14)16-7-9-17(10-8-16)18-11-12-20(19(22)13-18)26-21(23,24)25/h2,14,16-20H,1,3-13H2. The van der Waals surface area contributed by atoms with Crippen LogP contribution in [0.1, 0.15) is 70.6 Å². The summed E-state index contributed by atoms with van der Waals surface area (Å²) in [4.78, 5) is 0. The molecule has 0 N–H and O–H groups in total. The minimum absolute atomic E-state index is 0.186. The summed E-state index contributed by atoms with van der Waals surface area (Å²) < 4.78 is 55.1. The van der Waals surface area contributed by atoms with Crippen LogP contribution in [0.15, 0.2) is 12.7 Å². The highest BCUT2D eigenvalue weighted by Crippen LogP contribution is 2.47. The van der Waals surface area contributed by atoms with Crippen LogP contribution in [0.25, 0.3) is 0 Å². The summed E-state index contributed by atoms with van der Waals surface area (Å²) in [5.74, 6) is 3.79. The molecule has 3 aliphatic carbocycles. The van der Waals surface area contributed by atoms with Gasteiger partial charge in [-0.05, 0) is 100 Å². The topological polar surface area (TPSA) is 9.23 Å². The lowest BCUT2D eigenvalue weighted by Crippen LogP contribution is -2.39. The second kappa shape index (κ2) is 8.62. The second-order valence-corrected chi connectivity index (χ2v) is 8.53. The molecule has 5 heteroatoms. The van der Waals surface area contributed by atoms with Crippen LogP contribution < -0.4 is 0 Å². The third-order valence-corrected chi connectivity index (χ3v) is 7.06. The molecular formula is C21H31F4O. The van der Waals surface area contributed by atoms with Gasteiger partial charge in [-0.15, -0.1) is 19.8 Å². The summed E-state index contributed by atoms with van der Waals surface area (Å²) in [6.07, 6.45) is 5.07. The van der Waals surface area contributed by atoms with Crippen LogP contribution >= 0.6 is 0 Å². The Bertz CT molecular complexity index is 447. The molecule has 1 nitrogen and oxygen atoms in total. The van der Waals surface area contributed by atoms with E-state index in [9.17, 15) is 17.6 Å². The molecule has 0 aromatic carbocycles. The van der Waals surface area contributed by atoms with Crippen LogP contribution in [0, 0.1) is 29.6 Å². The molecule has 3 rings (SSSR count). The van der Waals surface area contributed by atoms with Crippen molar-refractivity contribution in [2.24, 2.45) is 23.7 Å². The van der Waals surface area contributed by atoms with Gasteiger partial charge in [0.05, 0.1) is 6.10 Å². The molecule has 3 unspecified atom stereocenters. The first-order valence-corrected chi connectivity index (χ1v) is 10.2. The van der Waals surface area contributed by atoms with Gasteiger partial charge in [0.25, 0.3) is 0 Å². The molecule has 0 saturated heterocycles. The Kier molecular flexibility index (Phi) is 6.68. The van der Waals surface area contributed by atoms with Crippen LogP contribution in [0.4, 0.5) is 17.6 Å². The molecule has 3 fully saturated rings. The molecule has 1 radical (unpaired) electrons. The number of alkyl halides is 4. The van der Waals surface area contributed by atoms with Gasteiger partial charge in [-0.3, -0.25) is 4.74 Å². The summed E-state index contributed by atoms with van der Waals surface area (Å²) in [5, 5.41) is 0. The molecule has 26 heavy (non-hydrogen) atoms. The molecule has 0 heterocycles. The van der Waals surface area contributed by atoms with E-state index in [4.69, 9.17) is 0 Å². The molecule has 0 aromatic heterocycles. The van der Waals surface area contributed by atoms with E-state index < -0.39 is 18.6 Å². The van der Waals surface area contributed by atoms with Gasteiger partial charge in [-0.2, -0.15) is 0 Å². The van der Waals surface area contributed by atoms with Crippen molar-refractivity contribution in [2.45, 2.75) is 89.3 Å². The van der Waals surface area contributed by atoms with Crippen LogP contribution in [0.2, 0.25) is 0 Å². The summed E-state index contributed by atoms with van der Waals surface area (Å²) in [7, 11) is 0. The van der Waals surface area contributed by atoms with Gasteiger partial charge < -0.3 is 0 Å². The van der Waals surface area contributed by atoms with E-state index in [-0.39, 0.29) is 18.8 Å². The monoisotopic (exact) mass is 375 g/mol. The highest BCUT2D eigenvalue weighted by molar-refractivity contribution is 5.04. The van der Waals surface area contributed by atoms with Gasteiger partial charge >= 0.3 is 6.36 Å². The highest BCUT2D eigenvalue weighted by Gasteiger charge is 2.42. The normalized spacial score (nSPS) is 38.2. The maximum Gasteiger partial charge on any atom is 0.522 e. The van der Waals surface area contributed by atoms with E-state index in [1.54, 1.807) is 5.92 Å². The fraction of sp³-hybridized carbons (Fsp3) is 0.857.